The molecule has 3 aromatic rings. The predicted octanol–water partition coefficient (Wildman–Crippen LogP) is 7.13. The number of amidine groups is 1. The molecule has 0 heterocycles. The number of rotatable bonds is 4. The van der Waals surface area contributed by atoms with Gasteiger partial charge in [-0.2, -0.15) is 13.2 Å². The summed E-state index contributed by atoms with van der Waals surface area (Å²) in [5.41, 5.74) is 1.13. The number of anilines is 1. The number of phenols is 1. The first-order chi connectivity index (χ1) is 14.2. The number of hydrogen-bond acceptors (Lipinski definition) is 3. The molecule has 0 bridgehead atoms. The summed E-state index contributed by atoms with van der Waals surface area (Å²) in [5.74, 6) is 0.121. The molecule has 0 aliphatic heterocycles. The van der Waals surface area contributed by atoms with E-state index < -0.39 is 11.7 Å². The minimum Gasteiger partial charge on any atom is -0.508 e. The average Bonchev–Trinajstić information content (AvgIpc) is 2.67. The Hall–Kier alpha value is -2.64. The minimum absolute atomic E-state index is 0.121. The minimum atomic E-state index is -4.56. The van der Waals surface area contributed by atoms with Crippen molar-refractivity contribution in [1.29, 1.82) is 0 Å². The lowest BCUT2D eigenvalue weighted by molar-refractivity contribution is -0.137. The van der Waals surface area contributed by atoms with Crippen LogP contribution in [-0.4, -0.2) is 10.3 Å². The molecule has 0 aliphatic rings. The Morgan fingerprint density at radius 1 is 1.07 bits per heavy atom. The highest BCUT2D eigenvalue weighted by Crippen LogP contribution is 2.36. The summed E-state index contributed by atoms with van der Waals surface area (Å²) in [4.78, 5) is 5.40. The lowest BCUT2D eigenvalue weighted by Gasteiger charge is -2.14. The zero-order valence-corrected chi connectivity index (χ0v) is 17.4. The van der Waals surface area contributed by atoms with Crippen LogP contribution in [0.1, 0.15) is 16.7 Å². The lowest BCUT2D eigenvalue weighted by Crippen LogP contribution is -2.11. The number of phenolic OH excluding ortho intramolecular Hbond substituents is 1. The van der Waals surface area contributed by atoms with Gasteiger partial charge in [0.1, 0.15) is 5.75 Å². The number of nitrogens with one attached hydrogen (secondary N) is 1. The van der Waals surface area contributed by atoms with Gasteiger partial charge in [-0.25, -0.2) is 0 Å². The van der Waals surface area contributed by atoms with Crippen LogP contribution in [0.15, 0.2) is 76.6 Å². The van der Waals surface area contributed by atoms with Crippen LogP contribution < -0.4 is 5.32 Å². The number of benzene rings is 3. The van der Waals surface area contributed by atoms with Crippen LogP contribution in [0.3, 0.4) is 0 Å². The van der Waals surface area contributed by atoms with Crippen LogP contribution in [0.2, 0.25) is 5.02 Å². The van der Waals surface area contributed by atoms with Gasteiger partial charge in [0.2, 0.25) is 0 Å². The molecule has 156 valence electrons. The molecular weight excluding hydrogens is 433 g/mol. The molecule has 0 fully saturated rings. The summed E-state index contributed by atoms with van der Waals surface area (Å²) in [6.45, 7) is 2.20. The Labute approximate surface area is 181 Å². The van der Waals surface area contributed by atoms with E-state index in [1.807, 2.05) is 37.3 Å². The van der Waals surface area contributed by atoms with Crippen molar-refractivity contribution in [2.75, 3.05) is 5.32 Å². The van der Waals surface area contributed by atoms with Gasteiger partial charge in [0.15, 0.2) is 5.17 Å². The maximum Gasteiger partial charge on any atom is 0.417 e. The average molecular weight is 451 g/mol. The summed E-state index contributed by atoms with van der Waals surface area (Å²) in [5, 5.41) is 12.6. The van der Waals surface area contributed by atoms with E-state index in [0.29, 0.717) is 5.17 Å². The zero-order valence-electron chi connectivity index (χ0n) is 15.9. The number of aryl methyl sites for hydroxylation is 1. The summed E-state index contributed by atoms with van der Waals surface area (Å²) < 4.78 is 39.6. The molecule has 3 aromatic carbocycles. The lowest BCUT2D eigenvalue weighted by atomic mass is 10.2. The molecule has 0 saturated carbocycles. The van der Waals surface area contributed by atoms with Crippen molar-refractivity contribution in [3.8, 4) is 5.75 Å². The summed E-state index contributed by atoms with van der Waals surface area (Å²) >= 11 is 7.01. The van der Waals surface area contributed by atoms with Gasteiger partial charge >= 0.3 is 6.18 Å². The topological polar surface area (TPSA) is 44.6 Å². The van der Waals surface area contributed by atoms with Crippen molar-refractivity contribution in [3.05, 3.63) is 88.4 Å². The van der Waals surface area contributed by atoms with Crippen LogP contribution in [0.4, 0.5) is 18.9 Å². The van der Waals surface area contributed by atoms with Gasteiger partial charge in [0, 0.05) is 10.6 Å². The quantitative estimate of drug-likeness (QED) is 0.252. The van der Waals surface area contributed by atoms with E-state index in [9.17, 15) is 18.3 Å². The van der Waals surface area contributed by atoms with Gasteiger partial charge in [-0.3, -0.25) is 4.99 Å². The van der Waals surface area contributed by atoms with E-state index in [2.05, 4.69) is 10.3 Å². The largest absolute Gasteiger partial charge is 0.508 e. The maximum atomic E-state index is 13.2. The van der Waals surface area contributed by atoms with E-state index in [-0.39, 0.29) is 23.0 Å². The second-order valence-corrected chi connectivity index (χ2v) is 8.00. The fourth-order valence-corrected chi connectivity index (χ4v) is 3.79. The van der Waals surface area contributed by atoms with Gasteiger partial charge in [0.25, 0.3) is 0 Å². The smallest absolute Gasteiger partial charge is 0.417 e. The monoisotopic (exact) mass is 450 g/mol. The van der Waals surface area contributed by atoms with Gasteiger partial charge in [0.05, 0.1) is 17.1 Å². The molecule has 0 aromatic heterocycles. The fourth-order valence-electron chi connectivity index (χ4n) is 2.65. The molecule has 0 unspecified atom stereocenters. The Bertz CT molecular complexity index is 1070. The van der Waals surface area contributed by atoms with Crippen LogP contribution in [0.5, 0.6) is 5.75 Å². The fraction of sp³-hybridized carbons (Fsp3) is 0.136. The Balaban J connectivity index is 1.90. The number of aliphatic imine (C=N–C) groups is 1. The van der Waals surface area contributed by atoms with Crippen molar-refractivity contribution >= 4 is 34.2 Å². The van der Waals surface area contributed by atoms with E-state index >= 15 is 0 Å². The second kappa shape index (κ2) is 9.45. The third-order valence-electron chi connectivity index (χ3n) is 4.04. The molecule has 0 radical (unpaired) electrons. The highest BCUT2D eigenvalue weighted by Gasteiger charge is 2.33. The second-order valence-electron chi connectivity index (χ2n) is 6.53. The van der Waals surface area contributed by atoms with E-state index in [1.165, 1.54) is 23.9 Å². The number of hydrogen-bond donors (Lipinski definition) is 2. The van der Waals surface area contributed by atoms with Crippen molar-refractivity contribution in [2.24, 2.45) is 4.99 Å². The van der Waals surface area contributed by atoms with Crippen LogP contribution >= 0.6 is 23.4 Å². The molecule has 0 amide bonds. The first-order valence-corrected chi connectivity index (χ1v) is 10.1. The molecule has 30 heavy (non-hydrogen) atoms. The Morgan fingerprint density at radius 2 is 1.83 bits per heavy atom. The highest BCUT2D eigenvalue weighted by molar-refractivity contribution is 8.14. The number of halogens is 4. The predicted molar refractivity (Wildman–Crippen MR) is 116 cm³/mol. The SMILES string of the molecule is Cc1cccc(SC(=NCc2cccc(O)c2)Nc2ccc(Cl)c(C(F)(F)F)c2)c1. The molecule has 0 atom stereocenters. The van der Waals surface area contributed by atoms with Gasteiger partial charge < -0.3 is 10.4 Å². The van der Waals surface area contributed by atoms with Gasteiger partial charge in [-0.1, -0.05) is 53.2 Å². The molecular formula is C22H18ClF3N2OS. The van der Waals surface area contributed by atoms with Crippen molar-refractivity contribution in [3.63, 3.8) is 0 Å². The number of thioether (sulfide) groups is 1. The number of aromatic hydroxyl groups is 1. The van der Waals surface area contributed by atoms with E-state index in [1.54, 1.807) is 18.2 Å². The molecule has 3 nitrogen and oxygen atoms in total. The summed E-state index contributed by atoms with van der Waals surface area (Å²) in [6.07, 6.45) is -4.56. The molecule has 0 aliphatic carbocycles. The van der Waals surface area contributed by atoms with Gasteiger partial charge in [-0.05, 0) is 55.0 Å². The highest BCUT2D eigenvalue weighted by atomic mass is 35.5. The van der Waals surface area contributed by atoms with Crippen molar-refractivity contribution in [1.82, 2.24) is 0 Å². The maximum absolute atomic E-state index is 13.2. The summed E-state index contributed by atoms with van der Waals surface area (Å²) in [7, 11) is 0. The third-order valence-corrected chi connectivity index (χ3v) is 5.29. The Kier molecular flexibility index (Phi) is 6.95. The third kappa shape index (κ3) is 6.18. The molecule has 0 spiro atoms. The van der Waals surface area contributed by atoms with Crippen molar-refractivity contribution in [2.45, 2.75) is 24.5 Å². The van der Waals surface area contributed by atoms with Crippen molar-refractivity contribution < 1.29 is 18.3 Å². The Morgan fingerprint density at radius 3 is 2.53 bits per heavy atom. The first-order valence-electron chi connectivity index (χ1n) is 8.91. The molecule has 8 heteroatoms. The molecule has 0 saturated heterocycles. The van der Waals surface area contributed by atoms with Crippen LogP contribution in [0, 0.1) is 6.92 Å². The van der Waals surface area contributed by atoms with Gasteiger partial charge in [-0.15, -0.1) is 0 Å². The summed E-state index contributed by atoms with van der Waals surface area (Å²) in [6, 6.07) is 18.0. The van der Waals surface area contributed by atoms with Crippen LogP contribution in [-0.2, 0) is 12.7 Å². The molecule has 3 rings (SSSR count). The zero-order chi connectivity index (χ0) is 21.7. The number of nitrogens with zero attached hydrogens (tertiary/aromatic N) is 1. The van der Waals surface area contributed by atoms with E-state index in [0.717, 1.165) is 22.1 Å². The van der Waals surface area contributed by atoms with Crippen LogP contribution in [0.25, 0.3) is 0 Å². The number of alkyl halides is 3. The normalized spacial score (nSPS) is 12.1. The van der Waals surface area contributed by atoms with E-state index in [4.69, 9.17) is 11.6 Å². The first kappa shape index (κ1) is 22.1. The molecule has 2 N–H and O–H groups in total. The standard InChI is InChI=1S/C22H18ClF3N2OS/c1-14-4-2-7-18(10-14)30-21(27-13-15-5-3-6-17(29)11-15)28-16-8-9-20(23)19(12-16)22(24,25)26/h2-12,29H,13H2,1H3,(H,27,28).